The van der Waals surface area contributed by atoms with Crippen LogP contribution in [-0.4, -0.2) is 15.7 Å². The lowest BCUT2D eigenvalue weighted by Gasteiger charge is -2.04. The van der Waals surface area contributed by atoms with Gasteiger partial charge in [-0.15, -0.1) is 0 Å². The van der Waals surface area contributed by atoms with Crippen LogP contribution in [0.1, 0.15) is 21.5 Å². The lowest BCUT2D eigenvalue weighted by atomic mass is 10.1. The molecule has 0 fully saturated rings. The maximum absolute atomic E-state index is 12.3. The van der Waals surface area contributed by atoms with Gasteiger partial charge in [0.05, 0.1) is 11.0 Å². The van der Waals surface area contributed by atoms with E-state index < -0.39 is 0 Å². The van der Waals surface area contributed by atoms with Gasteiger partial charge in [0.1, 0.15) is 0 Å². The van der Waals surface area contributed by atoms with Gasteiger partial charge in [0.25, 0.3) is 5.91 Å². The van der Waals surface area contributed by atoms with Crippen LogP contribution in [0.15, 0.2) is 59.2 Å². The van der Waals surface area contributed by atoms with E-state index in [2.05, 4.69) is 26.3 Å². The van der Waals surface area contributed by atoms with Crippen molar-refractivity contribution in [1.29, 1.82) is 0 Å². The van der Waals surface area contributed by atoms with Gasteiger partial charge in [-0.3, -0.25) is 9.48 Å². The van der Waals surface area contributed by atoms with Gasteiger partial charge in [-0.1, -0.05) is 41.4 Å². The second-order valence-electron chi connectivity index (χ2n) is 5.47. The van der Waals surface area contributed by atoms with E-state index in [0.29, 0.717) is 22.9 Å². The zero-order chi connectivity index (χ0) is 17.1. The van der Waals surface area contributed by atoms with E-state index >= 15 is 0 Å². The summed E-state index contributed by atoms with van der Waals surface area (Å²) in [6.07, 6.45) is 1.83. The van der Waals surface area contributed by atoms with E-state index in [-0.39, 0.29) is 5.91 Å². The number of rotatable bonds is 4. The van der Waals surface area contributed by atoms with E-state index in [9.17, 15) is 4.79 Å². The standard InChI is InChI=1S/C18H15BrClN3O/c1-12-2-6-14(7-3-12)18(24)21-17-16(19)11-23(22-17)10-13-4-8-15(20)9-5-13/h2-9,11H,10H2,1H3,(H,21,22,24). The molecule has 0 aliphatic rings. The predicted octanol–water partition coefficient (Wildman–Crippen LogP) is 4.91. The van der Waals surface area contributed by atoms with Crippen molar-refractivity contribution in [3.8, 4) is 0 Å². The summed E-state index contributed by atoms with van der Waals surface area (Å²) in [6, 6.07) is 15.0. The second-order valence-corrected chi connectivity index (χ2v) is 6.76. The molecule has 1 N–H and O–H groups in total. The van der Waals surface area contributed by atoms with E-state index in [4.69, 9.17) is 11.6 Å². The molecular weight excluding hydrogens is 390 g/mol. The Bertz CT molecular complexity index is 857. The molecule has 1 aromatic heterocycles. The molecule has 0 atom stereocenters. The summed E-state index contributed by atoms with van der Waals surface area (Å²) in [7, 11) is 0. The Balaban J connectivity index is 1.72. The molecule has 1 amide bonds. The van der Waals surface area contributed by atoms with Crippen LogP contribution >= 0.6 is 27.5 Å². The van der Waals surface area contributed by atoms with E-state index in [0.717, 1.165) is 15.6 Å². The van der Waals surface area contributed by atoms with Gasteiger partial charge < -0.3 is 5.32 Å². The van der Waals surface area contributed by atoms with Crippen molar-refractivity contribution in [3.63, 3.8) is 0 Å². The number of nitrogens with one attached hydrogen (secondary N) is 1. The first-order chi connectivity index (χ1) is 11.5. The predicted molar refractivity (Wildman–Crippen MR) is 99.6 cm³/mol. The van der Waals surface area contributed by atoms with Crippen LogP contribution in [0.5, 0.6) is 0 Å². The number of halogens is 2. The third kappa shape index (κ3) is 4.04. The monoisotopic (exact) mass is 403 g/mol. The molecule has 0 saturated carbocycles. The highest BCUT2D eigenvalue weighted by atomic mass is 79.9. The zero-order valence-corrected chi connectivity index (χ0v) is 15.3. The third-order valence-electron chi connectivity index (χ3n) is 3.52. The molecule has 0 spiro atoms. The fourth-order valence-electron chi connectivity index (χ4n) is 2.22. The number of aromatic nitrogens is 2. The summed E-state index contributed by atoms with van der Waals surface area (Å²) in [4.78, 5) is 12.3. The van der Waals surface area contributed by atoms with Crippen LogP contribution in [0.3, 0.4) is 0 Å². The third-order valence-corrected chi connectivity index (χ3v) is 4.35. The Morgan fingerprint density at radius 3 is 2.50 bits per heavy atom. The fraction of sp³-hybridized carbons (Fsp3) is 0.111. The molecule has 0 radical (unpaired) electrons. The minimum Gasteiger partial charge on any atom is -0.304 e. The Hall–Kier alpha value is -2.11. The highest BCUT2D eigenvalue weighted by molar-refractivity contribution is 9.10. The van der Waals surface area contributed by atoms with Crippen molar-refractivity contribution in [2.24, 2.45) is 0 Å². The summed E-state index contributed by atoms with van der Waals surface area (Å²) >= 11 is 9.33. The van der Waals surface area contributed by atoms with Crippen LogP contribution in [-0.2, 0) is 6.54 Å². The molecule has 3 aromatic rings. The average Bonchev–Trinajstić information content (AvgIpc) is 2.89. The molecule has 2 aromatic carbocycles. The van der Waals surface area contributed by atoms with Crippen LogP contribution in [0.25, 0.3) is 0 Å². The maximum Gasteiger partial charge on any atom is 0.256 e. The molecule has 0 aliphatic heterocycles. The van der Waals surface area contributed by atoms with Gasteiger partial charge in [0.2, 0.25) is 0 Å². The van der Waals surface area contributed by atoms with Gasteiger partial charge in [0, 0.05) is 16.8 Å². The lowest BCUT2D eigenvalue weighted by molar-refractivity contribution is 0.102. The van der Waals surface area contributed by atoms with Crippen molar-refractivity contribution in [2.45, 2.75) is 13.5 Å². The average molecular weight is 405 g/mol. The van der Waals surface area contributed by atoms with Crippen LogP contribution in [0, 0.1) is 6.92 Å². The SMILES string of the molecule is Cc1ccc(C(=O)Nc2nn(Cc3ccc(Cl)cc3)cc2Br)cc1. The molecule has 6 heteroatoms. The summed E-state index contributed by atoms with van der Waals surface area (Å²) in [6.45, 7) is 2.58. The van der Waals surface area contributed by atoms with Crippen molar-refractivity contribution >= 4 is 39.3 Å². The van der Waals surface area contributed by atoms with Gasteiger partial charge in [-0.25, -0.2) is 0 Å². The summed E-state index contributed by atoms with van der Waals surface area (Å²) in [5, 5.41) is 7.94. The molecule has 1 heterocycles. The summed E-state index contributed by atoms with van der Waals surface area (Å²) in [5.74, 6) is 0.307. The largest absolute Gasteiger partial charge is 0.304 e. The van der Waals surface area contributed by atoms with Gasteiger partial charge >= 0.3 is 0 Å². The first-order valence-electron chi connectivity index (χ1n) is 7.37. The highest BCUT2D eigenvalue weighted by Crippen LogP contribution is 2.22. The van der Waals surface area contributed by atoms with E-state index in [1.54, 1.807) is 16.8 Å². The Morgan fingerprint density at radius 2 is 1.83 bits per heavy atom. The van der Waals surface area contributed by atoms with Crippen LogP contribution < -0.4 is 5.32 Å². The number of anilines is 1. The van der Waals surface area contributed by atoms with E-state index in [1.807, 2.05) is 49.5 Å². The first-order valence-corrected chi connectivity index (χ1v) is 8.54. The molecule has 122 valence electrons. The summed E-state index contributed by atoms with van der Waals surface area (Å²) in [5.41, 5.74) is 2.78. The lowest BCUT2D eigenvalue weighted by Crippen LogP contribution is -2.13. The van der Waals surface area contributed by atoms with Crippen LogP contribution in [0.4, 0.5) is 5.82 Å². The molecular formula is C18H15BrClN3O. The fourth-order valence-corrected chi connectivity index (χ4v) is 2.77. The number of amides is 1. The van der Waals surface area contributed by atoms with Crippen molar-refractivity contribution in [2.75, 3.05) is 5.32 Å². The first kappa shape index (κ1) is 16.7. The van der Waals surface area contributed by atoms with Gasteiger partial charge in [-0.05, 0) is 52.7 Å². The summed E-state index contributed by atoms with van der Waals surface area (Å²) < 4.78 is 2.50. The quantitative estimate of drug-likeness (QED) is 0.672. The van der Waals surface area contributed by atoms with Gasteiger partial charge in [0.15, 0.2) is 5.82 Å². The van der Waals surface area contributed by atoms with Crippen molar-refractivity contribution in [3.05, 3.63) is 80.9 Å². The molecule has 0 bridgehead atoms. The van der Waals surface area contributed by atoms with Crippen LogP contribution in [0.2, 0.25) is 5.02 Å². The van der Waals surface area contributed by atoms with Crippen molar-refractivity contribution in [1.82, 2.24) is 9.78 Å². The molecule has 0 aliphatic carbocycles. The number of benzene rings is 2. The number of aryl methyl sites for hydroxylation is 1. The Morgan fingerprint density at radius 1 is 1.17 bits per heavy atom. The number of carbonyl (C=O) groups excluding carboxylic acids is 1. The normalized spacial score (nSPS) is 10.6. The van der Waals surface area contributed by atoms with E-state index in [1.165, 1.54) is 0 Å². The maximum atomic E-state index is 12.3. The molecule has 0 saturated heterocycles. The Kier molecular flexibility index (Phi) is 5.02. The zero-order valence-electron chi connectivity index (χ0n) is 13.0. The number of hydrogen-bond donors (Lipinski definition) is 1. The molecule has 24 heavy (non-hydrogen) atoms. The second kappa shape index (κ2) is 7.20. The molecule has 4 nitrogen and oxygen atoms in total. The molecule has 3 rings (SSSR count). The minimum absolute atomic E-state index is 0.188. The number of nitrogens with zero attached hydrogens (tertiary/aromatic N) is 2. The molecule has 0 unspecified atom stereocenters. The number of carbonyl (C=O) groups is 1. The topological polar surface area (TPSA) is 46.9 Å². The van der Waals surface area contributed by atoms with Crippen molar-refractivity contribution < 1.29 is 4.79 Å². The minimum atomic E-state index is -0.188. The number of hydrogen-bond acceptors (Lipinski definition) is 2. The van der Waals surface area contributed by atoms with Gasteiger partial charge in [-0.2, -0.15) is 5.10 Å². The Labute approximate surface area is 153 Å². The highest BCUT2D eigenvalue weighted by Gasteiger charge is 2.12. The smallest absolute Gasteiger partial charge is 0.256 e.